The molecule has 1 aliphatic rings. The van der Waals surface area contributed by atoms with Crippen LogP contribution in [-0.4, -0.2) is 29.9 Å². The zero-order chi connectivity index (χ0) is 28.3. The molecule has 0 amide bonds. The molecule has 0 atom stereocenters. The van der Waals surface area contributed by atoms with Crippen LogP contribution in [0.25, 0.3) is 54.9 Å². The molecule has 0 aromatic heterocycles. The Morgan fingerprint density at radius 1 is 0.610 bits per heavy atom. The highest BCUT2D eigenvalue weighted by Gasteiger charge is 2.37. The van der Waals surface area contributed by atoms with Gasteiger partial charge < -0.3 is 19.7 Å². The van der Waals surface area contributed by atoms with Crippen LogP contribution in [0.2, 0.25) is 0 Å². The van der Waals surface area contributed by atoms with Gasteiger partial charge in [0.25, 0.3) is 0 Å². The summed E-state index contributed by atoms with van der Waals surface area (Å²) < 4.78 is 5.56. The van der Waals surface area contributed by atoms with Gasteiger partial charge in [0, 0.05) is 5.41 Å². The molecular formula is C35H28B2O4. The van der Waals surface area contributed by atoms with Crippen molar-refractivity contribution in [1.29, 1.82) is 0 Å². The number of rotatable bonds is 5. The van der Waals surface area contributed by atoms with E-state index in [-0.39, 0.29) is 5.41 Å². The van der Waals surface area contributed by atoms with Gasteiger partial charge in [-0.1, -0.05) is 98.8 Å². The second kappa shape index (κ2) is 9.64. The van der Waals surface area contributed by atoms with E-state index >= 15 is 0 Å². The summed E-state index contributed by atoms with van der Waals surface area (Å²) in [6.07, 6.45) is 0. The van der Waals surface area contributed by atoms with Crippen molar-refractivity contribution >= 4 is 41.8 Å². The van der Waals surface area contributed by atoms with Crippen LogP contribution in [0.5, 0.6) is 5.75 Å². The largest absolute Gasteiger partial charge is 0.539 e. The van der Waals surface area contributed by atoms with Crippen LogP contribution in [0.15, 0.2) is 109 Å². The predicted octanol–water partition coefficient (Wildman–Crippen LogP) is 5.95. The molecule has 0 saturated heterocycles. The summed E-state index contributed by atoms with van der Waals surface area (Å²) in [5.74, 6) is 0.610. The SMILES string of the molecule is CC1(C)c2cc(B(O)O)ccc2-c2cc3c(-c4ccccc4)c4cc(OBO)ccc4c(-c4ccccc4)c3cc21. The van der Waals surface area contributed by atoms with Crippen molar-refractivity contribution in [2.75, 3.05) is 0 Å². The molecule has 0 bridgehead atoms. The van der Waals surface area contributed by atoms with Crippen molar-refractivity contribution in [3.8, 4) is 39.1 Å². The molecule has 4 nitrogen and oxygen atoms in total. The van der Waals surface area contributed by atoms with Crippen molar-refractivity contribution in [1.82, 2.24) is 0 Å². The highest BCUT2D eigenvalue weighted by molar-refractivity contribution is 6.58. The Morgan fingerprint density at radius 3 is 1.83 bits per heavy atom. The van der Waals surface area contributed by atoms with E-state index in [1.54, 1.807) is 6.07 Å². The Balaban J connectivity index is 1.67. The van der Waals surface area contributed by atoms with Crippen LogP contribution >= 0.6 is 0 Å². The van der Waals surface area contributed by atoms with E-state index in [1.165, 1.54) is 5.56 Å². The van der Waals surface area contributed by atoms with Gasteiger partial charge in [-0.25, -0.2) is 0 Å². The molecule has 0 fully saturated rings. The summed E-state index contributed by atoms with van der Waals surface area (Å²) in [6.45, 7) is 4.41. The molecule has 0 unspecified atom stereocenters. The molecule has 3 N–H and O–H groups in total. The first-order chi connectivity index (χ1) is 19.9. The maximum Gasteiger partial charge on any atom is 0.504 e. The summed E-state index contributed by atoms with van der Waals surface area (Å²) >= 11 is 0. The average molecular weight is 534 g/mol. The van der Waals surface area contributed by atoms with Crippen molar-refractivity contribution in [3.63, 3.8) is 0 Å². The van der Waals surface area contributed by atoms with Crippen molar-refractivity contribution < 1.29 is 19.7 Å². The third-order valence-corrected chi connectivity index (χ3v) is 8.56. The number of hydrogen-bond donors (Lipinski definition) is 3. The van der Waals surface area contributed by atoms with Gasteiger partial charge in [-0.15, -0.1) is 0 Å². The van der Waals surface area contributed by atoms with E-state index in [4.69, 9.17) is 4.65 Å². The summed E-state index contributed by atoms with van der Waals surface area (Å²) in [5.41, 5.74) is 9.17. The quantitative estimate of drug-likeness (QED) is 0.189. The van der Waals surface area contributed by atoms with E-state index in [1.807, 2.05) is 36.4 Å². The van der Waals surface area contributed by atoms with Gasteiger partial charge in [-0.05, 0) is 95.8 Å². The van der Waals surface area contributed by atoms with Gasteiger partial charge in [-0.3, -0.25) is 0 Å². The zero-order valence-electron chi connectivity index (χ0n) is 22.9. The summed E-state index contributed by atoms with van der Waals surface area (Å²) in [5, 5.41) is 33.8. The fourth-order valence-electron chi connectivity index (χ4n) is 6.61. The Morgan fingerprint density at radius 2 is 1.20 bits per heavy atom. The maximum atomic E-state index is 9.92. The summed E-state index contributed by atoms with van der Waals surface area (Å²) in [7, 11) is -1.91. The van der Waals surface area contributed by atoms with Gasteiger partial charge in [0.1, 0.15) is 5.75 Å². The van der Waals surface area contributed by atoms with Gasteiger partial charge in [-0.2, -0.15) is 0 Å². The molecule has 0 saturated carbocycles. The second-order valence-corrected chi connectivity index (χ2v) is 11.2. The third-order valence-electron chi connectivity index (χ3n) is 8.56. The highest BCUT2D eigenvalue weighted by atomic mass is 16.5. The maximum absolute atomic E-state index is 9.92. The monoisotopic (exact) mass is 534 g/mol. The van der Waals surface area contributed by atoms with Crippen LogP contribution in [-0.2, 0) is 5.41 Å². The summed E-state index contributed by atoms with van der Waals surface area (Å²) in [6, 6.07) is 37.3. The molecular weight excluding hydrogens is 506 g/mol. The van der Waals surface area contributed by atoms with Gasteiger partial charge in [0.2, 0.25) is 0 Å². The molecule has 6 aromatic carbocycles. The average Bonchev–Trinajstić information content (AvgIpc) is 3.21. The van der Waals surface area contributed by atoms with Crippen LogP contribution in [0.1, 0.15) is 25.0 Å². The normalized spacial score (nSPS) is 13.2. The standard InChI is InChI=1S/C35H28B2O4/c1-35(2)31-17-23(37(39)40)13-15-25(31)27-19-29-30(20-32(27)35)33(21-9-5-3-6-10-21)26-16-14-24(41-36-38)18-28(26)34(29)22-11-7-4-8-12-22/h3-20,36,38-40H,1-2H3. The van der Waals surface area contributed by atoms with E-state index in [9.17, 15) is 15.1 Å². The van der Waals surface area contributed by atoms with E-state index in [0.29, 0.717) is 11.2 Å². The molecule has 7 rings (SSSR count). The number of hydrogen-bond acceptors (Lipinski definition) is 4. The Hall–Kier alpha value is -4.35. The smallest absolute Gasteiger partial charge is 0.504 e. The van der Waals surface area contributed by atoms with E-state index < -0.39 is 14.8 Å². The highest BCUT2D eigenvalue weighted by Crippen LogP contribution is 2.53. The molecule has 6 heteroatoms. The molecule has 0 heterocycles. The summed E-state index contributed by atoms with van der Waals surface area (Å²) in [4.78, 5) is 0. The zero-order valence-corrected chi connectivity index (χ0v) is 22.9. The molecule has 41 heavy (non-hydrogen) atoms. The van der Waals surface area contributed by atoms with Gasteiger partial charge >= 0.3 is 14.8 Å². The van der Waals surface area contributed by atoms with E-state index in [0.717, 1.165) is 60.5 Å². The number of benzene rings is 6. The lowest BCUT2D eigenvalue weighted by atomic mass is 9.75. The van der Waals surface area contributed by atoms with Crippen molar-refractivity contribution in [2.24, 2.45) is 0 Å². The number of fused-ring (bicyclic) bond motifs is 5. The lowest BCUT2D eigenvalue weighted by Gasteiger charge is -2.24. The molecule has 6 aromatic rings. The Bertz CT molecular complexity index is 1950. The predicted molar refractivity (Wildman–Crippen MR) is 170 cm³/mol. The third kappa shape index (κ3) is 3.98. The Kier molecular flexibility index (Phi) is 6.02. The first-order valence-electron chi connectivity index (χ1n) is 13.8. The molecule has 198 valence electrons. The van der Waals surface area contributed by atoms with Crippen molar-refractivity contribution in [2.45, 2.75) is 19.3 Å². The minimum atomic E-state index is -1.52. The fourth-order valence-corrected chi connectivity index (χ4v) is 6.61. The van der Waals surface area contributed by atoms with Gasteiger partial charge in [0.05, 0.1) is 0 Å². The van der Waals surface area contributed by atoms with Crippen molar-refractivity contribution in [3.05, 3.63) is 120 Å². The molecule has 0 radical (unpaired) electrons. The minimum Gasteiger partial charge on any atom is -0.539 e. The van der Waals surface area contributed by atoms with Crippen LogP contribution < -0.4 is 10.1 Å². The molecule has 0 aliphatic heterocycles. The van der Waals surface area contributed by atoms with Crippen LogP contribution in [0, 0.1) is 0 Å². The van der Waals surface area contributed by atoms with Crippen LogP contribution in [0.3, 0.4) is 0 Å². The van der Waals surface area contributed by atoms with Crippen LogP contribution in [0.4, 0.5) is 0 Å². The second-order valence-electron chi connectivity index (χ2n) is 11.2. The first-order valence-corrected chi connectivity index (χ1v) is 13.8. The first kappa shape index (κ1) is 25.6. The fraction of sp³-hybridized carbons (Fsp3) is 0.0857. The molecule has 1 aliphatic carbocycles. The lowest BCUT2D eigenvalue weighted by Crippen LogP contribution is -2.31. The van der Waals surface area contributed by atoms with Gasteiger partial charge in [0.15, 0.2) is 0 Å². The molecule has 0 spiro atoms. The minimum absolute atomic E-state index is 0.335. The van der Waals surface area contributed by atoms with E-state index in [2.05, 4.69) is 80.6 Å². The Labute approximate surface area is 240 Å². The topological polar surface area (TPSA) is 69.9 Å². The lowest BCUT2D eigenvalue weighted by molar-refractivity contribution is 0.425.